The molecule has 0 spiro atoms. The van der Waals surface area contributed by atoms with Gasteiger partial charge in [-0.2, -0.15) is 0 Å². The molecule has 0 aromatic carbocycles. The van der Waals surface area contributed by atoms with Crippen LogP contribution in [0.15, 0.2) is 0 Å². The van der Waals surface area contributed by atoms with Crippen LogP contribution >= 0.6 is 37.2 Å². The van der Waals surface area contributed by atoms with Crippen molar-refractivity contribution < 1.29 is 13.5 Å². The molecule has 9 heavy (non-hydrogen) atoms. The molecule has 0 aliphatic rings. The Morgan fingerprint density at radius 3 is 1.11 bits per heavy atom. The molecule has 0 saturated carbocycles. The van der Waals surface area contributed by atoms with Crippen LogP contribution in [0.3, 0.4) is 0 Å². The van der Waals surface area contributed by atoms with Crippen molar-refractivity contribution in [2.45, 2.75) is 20.3 Å². The van der Waals surface area contributed by atoms with Crippen molar-refractivity contribution in [3.05, 3.63) is 0 Å². The molecule has 62 valence electrons. The molecule has 0 unspecified atom stereocenters. The molecule has 0 atom stereocenters. The molecule has 0 aromatic rings. The Morgan fingerprint density at radius 1 is 1.11 bits per heavy atom. The maximum Gasteiger partial charge on any atom is 0.229 e. The smallest absolute Gasteiger partial charge is 0.229 e. The average molecular weight is 370 g/mol. The van der Waals surface area contributed by atoms with E-state index in [-0.39, 0.29) is 4.70 Å². The van der Waals surface area contributed by atoms with E-state index in [0.717, 1.165) is 0 Å². The fraction of sp³-hybridized carbons (Fsp3) is 1.00. The zero-order valence-electron chi connectivity index (χ0n) is 5.33. The third kappa shape index (κ3) is 311. The van der Waals surface area contributed by atoms with Gasteiger partial charge in [-0.15, -0.1) is 0 Å². The van der Waals surface area contributed by atoms with Gasteiger partial charge in [-0.25, -0.2) is 8.78 Å². The lowest BCUT2D eigenvalue weighted by Gasteiger charge is -1.48. The lowest BCUT2D eigenvalue weighted by atomic mass is 10.6. The van der Waals surface area contributed by atoms with Crippen molar-refractivity contribution >= 4 is 37.2 Å². The van der Waals surface area contributed by atoms with Crippen molar-refractivity contribution in [3.8, 4) is 0 Å². The summed E-state index contributed by atoms with van der Waals surface area (Å²) in [4.78, 5) is 0. The van der Waals surface area contributed by atoms with Crippen LogP contribution in [0.4, 0.5) is 13.5 Å². The third-order valence-electron chi connectivity index (χ3n) is 0. The number of rotatable bonds is 0. The highest BCUT2D eigenvalue weighted by Gasteiger charge is 1.44. The lowest BCUT2D eigenvalue weighted by molar-refractivity contribution is 0.295. The Balaban J connectivity index is -0.0000000202. The van der Waals surface area contributed by atoms with Crippen molar-refractivity contribution in [3.63, 3.8) is 0 Å². The van der Waals surface area contributed by atoms with E-state index in [2.05, 4.69) is 51.1 Å². The van der Waals surface area contributed by atoms with Crippen LogP contribution in [-0.2, 0) is 0 Å². The summed E-state index contributed by atoms with van der Waals surface area (Å²) in [5.74, 6) is 0. The standard InChI is InChI=1S/C3H8.CH2F2.FH.I2/c1-3-2;2-1-3;;1-2/h3H2,1-2H3;1H2;1H;. The SMILES string of the molecule is CCC.F.FCF.II. The maximum absolute atomic E-state index is 9.62. The predicted molar refractivity (Wildman–Crippen MR) is 53.6 cm³/mol. The summed E-state index contributed by atoms with van der Waals surface area (Å²) in [5, 5.41) is 0. The molecule has 0 N–H and O–H groups in total. The van der Waals surface area contributed by atoms with Gasteiger partial charge in [-0.05, 0) is 0 Å². The van der Waals surface area contributed by atoms with Crippen molar-refractivity contribution in [1.29, 1.82) is 0 Å². The summed E-state index contributed by atoms with van der Waals surface area (Å²) in [7, 11) is 0. The highest BCUT2D eigenvalue weighted by atomic mass is 128. The van der Waals surface area contributed by atoms with E-state index < -0.39 is 6.93 Å². The number of hydrogen-bond donors (Lipinski definition) is 0. The van der Waals surface area contributed by atoms with Gasteiger partial charge in [0.05, 0.1) is 0 Å². The summed E-state index contributed by atoms with van der Waals surface area (Å²) in [6.45, 7) is 2.50. The summed E-state index contributed by atoms with van der Waals surface area (Å²) in [5.41, 5.74) is 0. The summed E-state index contributed by atoms with van der Waals surface area (Å²) < 4.78 is 19.2. The first-order valence-electron chi connectivity index (χ1n) is 2.09. The highest BCUT2D eigenvalue weighted by molar-refractivity contribution is 15.0. The van der Waals surface area contributed by atoms with Gasteiger partial charge in [-0.3, -0.25) is 4.70 Å². The zero-order chi connectivity index (χ0) is 7.41. The quantitative estimate of drug-likeness (QED) is 0.561. The van der Waals surface area contributed by atoms with Gasteiger partial charge in [0.2, 0.25) is 6.93 Å². The molecule has 0 radical (unpaired) electrons. The largest absolute Gasteiger partial charge is 0.269 e. The van der Waals surface area contributed by atoms with E-state index in [1.807, 2.05) is 0 Å². The van der Waals surface area contributed by atoms with Crippen molar-refractivity contribution in [1.82, 2.24) is 0 Å². The van der Waals surface area contributed by atoms with Crippen LogP contribution in [-0.4, -0.2) is 6.93 Å². The minimum Gasteiger partial charge on any atom is -0.269 e. The number of hydrogen-bond acceptors (Lipinski definition) is 0. The van der Waals surface area contributed by atoms with Gasteiger partial charge in [0, 0.05) is 37.2 Å². The molecule has 0 aliphatic carbocycles. The van der Waals surface area contributed by atoms with Gasteiger partial charge in [0.1, 0.15) is 0 Å². The molecular weight excluding hydrogens is 359 g/mol. The molecule has 0 amide bonds. The van der Waals surface area contributed by atoms with E-state index in [1.165, 1.54) is 6.42 Å². The van der Waals surface area contributed by atoms with E-state index >= 15 is 0 Å². The van der Waals surface area contributed by atoms with Crippen LogP contribution < -0.4 is 0 Å². The molecule has 0 fully saturated rings. The molecule has 0 saturated heterocycles. The molecular formula is C4H11F3I2. The summed E-state index contributed by atoms with van der Waals surface area (Å²) in [6, 6.07) is 0. The first-order valence-corrected chi connectivity index (χ1v) is 8.38. The Kier molecular flexibility index (Phi) is 149. The van der Waals surface area contributed by atoms with Crippen LogP contribution in [0.25, 0.3) is 0 Å². The molecule has 0 bridgehead atoms. The van der Waals surface area contributed by atoms with Crippen molar-refractivity contribution in [2.24, 2.45) is 0 Å². The Morgan fingerprint density at radius 2 is 1.11 bits per heavy atom. The second-order valence-corrected chi connectivity index (χ2v) is 0.808. The Labute approximate surface area is 77.5 Å². The topological polar surface area (TPSA) is 0 Å². The molecule has 5 heteroatoms. The highest BCUT2D eigenvalue weighted by Crippen LogP contribution is 1.89. The van der Waals surface area contributed by atoms with Crippen LogP contribution in [0, 0.1) is 0 Å². The minimum absolute atomic E-state index is 0. The number of alkyl halides is 2. The second kappa shape index (κ2) is 59.6. The van der Waals surface area contributed by atoms with E-state index in [4.69, 9.17) is 0 Å². The lowest BCUT2D eigenvalue weighted by Crippen LogP contribution is -1.34. The first kappa shape index (κ1) is 22.5. The number of halogens is 5. The summed E-state index contributed by atoms with van der Waals surface area (Å²) in [6.07, 6.45) is 1.25. The van der Waals surface area contributed by atoms with Crippen LogP contribution in [0.5, 0.6) is 0 Å². The fourth-order valence-corrected chi connectivity index (χ4v) is 0. The predicted octanol–water partition coefficient (Wildman–Crippen LogP) is 4.22. The fourth-order valence-electron chi connectivity index (χ4n) is 0. The van der Waals surface area contributed by atoms with E-state index in [1.54, 1.807) is 0 Å². The van der Waals surface area contributed by atoms with Crippen LogP contribution in [0.1, 0.15) is 20.3 Å². The molecule has 0 aliphatic heterocycles. The van der Waals surface area contributed by atoms with Gasteiger partial charge < -0.3 is 0 Å². The van der Waals surface area contributed by atoms with Gasteiger partial charge in [-0.1, -0.05) is 20.3 Å². The third-order valence-corrected chi connectivity index (χ3v) is 0. The van der Waals surface area contributed by atoms with Gasteiger partial charge in [0.25, 0.3) is 0 Å². The van der Waals surface area contributed by atoms with Crippen LogP contribution in [0.2, 0.25) is 0 Å². The van der Waals surface area contributed by atoms with Gasteiger partial charge in [0.15, 0.2) is 0 Å². The van der Waals surface area contributed by atoms with Gasteiger partial charge >= 0.3 is 0 Å². The Hall–Kier alpha value is 1.25. The molecule has 0 rings (SSSR count). The molecule has 0 aromatic heterocycles. The molecule has 0 heterocycles. The van der Waals surface area contributed by atoms with E-state index in [0.29, 0.717) is 0 Å². The van der Waals surface area contributed by atoms with Crippen molar-refractivity contribution in [2.75, 3.05) is 6.93 Å². The average Bonchev–Trinajstić information content (AvgIpc) is 1.75. The monoisotopic (exact) mass is 370 g/mol. The molecule has 0 nitrogen and oxygen atoms in total. The van der Waals surface area contributed by atoms with E-state index in [9.17, 15) is 8.78 Å². The zero-order valence-corrected chi connectivity index (χ0v) is 9.65. The normalized spacial score (nSPS) is 4.67. The summed E-state index contributed by atoms with van der Waals surface area (Å²) >= 11 is 4.24. The Bertz CT molecular complexity index is 15.8. The minimum atomic E-state index is -1.75. The second-order valence-electron chi connectivity index (χ2n) is 0.808. The first-order chi connectivity index (χ1) is 3.83. The maximum atomic E-state index is 9.62.